The molecule has 1 unspecified atom stereocenters. The van der Waals surface area contributed by atoms with E-state index in [4.69, 9.17) is 15.4 Å². The summed E-state index contributed by atoms with van der Waals surface area (Å²) in [6.07, 6.45) is 4.73. The normalized spacial score (nSPS) is 18.1. The number of carbonyl (C=O) groups excluding carboxylic acids is 1. The van der Waals surface area contributed by atoms with Crippen LogP contribution < -0.4 is 11.1 Å². The maximum absolute atomic E-state index is 11.7. The lowest BCUT2D eigenvalue weighted by Crippen LogP contribution is -2.46. The first-order valence-electron chi connectivity index (χ1n) is 5.03. The van der Waals surface area contributed by atoms with Gasteiger partial charge in [-0.25, -0.2) is 0 Å². The molecule has 2 rings (SSSR count). The Morgan fingerprint density at radius 3 is 2.94 bits per heavy atom. The number of furan rings is 1. The zero-order valence-electron chi connectivity index (χ0n) is 8.59. The molecule has 0 radical (unpaired) electrons. The van der Waals surface area contributed by atoms with E-state index in [0.717, 1.165) is 12.8 Å². The maximum atomic E-state index is 11.7. The summed E-state index contributed by atoms with van der Waals surface area (Å²) in [4.78, 5) is 11.7. The molecule has 1 fully saturated rings. The van der Waals surface area contributed by atoms with Gasteiger partial charge in [0.1, 0.15) is 6.26 Å². The van der Waals surface area contributed by atoms with E-state index in [0.29, 0.717) is 5.56 Å². The van der Waals surface area contributed by atoms with Crippen LogP contribution in [0.4, 0.5) is 0 Å². The molecule has 0 aromatic carbocycles. The van der Waals surface area contributed by atoms with Crippen molar-refractivity contribution < 1.29 is 14.4 Å². The van der Waals surface area contributed by atoms with Crippen molar-refractivity contribution in [3.05, 3.63) is 24.2 Å². The highest BCUT2D eigenvalue weighted by atomic mass is 16.4. The Labute approximate surface area is 92.1 Å². The fourth-order valence-electron chi connectivity index (χ4n) is 1.54. The van der Waals surface area contributed by atoms with Crippen molar-refractivity contribution in [1.82, 2.24) is 5.32 Å². The topological polar surface area (TPSA) is 101 Å². The molecule has 0 saturated heterocycles. The van der Waals surface area contributed by atoms with E-state index in [1.54, 1.807) is 6.07 Å². The van der Waals surface area contributed by atoms with Crippen molar-refractivity contribution >= 4 is 11.7 Å². The molecule has 1 aromatic heterocycles. The third-order valence-electron chi connectivity index (χ3n) is 2.60. The van der Waals surface area contributed by atoms with E-state index >= 15 is 0 Å². The fraction of sp³-hybridized carbons (Fsp3) is 0.400. The van der Waals surface area contributed by atoms with Gasteiger partial charge in [-0.05, 0) is 24.8 Å². The molecule has 6 heteroatoms. The highest BCUT2D eigenvalue weighted by molar-refractivity contribution is 5.98. The van der Waals surface area contributed by atoms with Crippen LogP contribution in [0, 0.1) is 5.92 Å². The van der Waals surface area contributed by atoms with Crippen molar-refractivity contribution in [2.75, 3.05) is 0 Å². The Morgan fingerprint density at radius 1 is 1.69 bits per heavy atom. The first-order valence-corrected chi connectivity index (χ1v) is 5.03. The zero-order chi connectivity index (χ0) is 11.5. The molecule has 0 bridgehead atoms. The second-order valence-corrected chi connectivity index (χ2v) is 3.83. The number of nitrogens with zero attached hydrogens (tertiary/aromatic N) is 1. The van der Waals surface area contributed by atoms with E-state index in [-0.39, 0.29) is 17.7 Å². The average Bonchev–Trinajstić information content (AvgIpc) is 2.98. The summed E-state index contributed by atoms with van der Waals surface area (Å²) in [6, 6.07) is 1.17. The Hall–Kier alpha value is -1.98. The predicted molar refractivity (Wildman–Crippen MR) is 56.1 cm³/mol. The van der Waals surface area contributed by atoms with Crippen LogP contribution in [0.5, 0.6) is 0 Å². The number of amides is 1. The Morgan fingerprint density at radius 2 is 2.44 bits per heavy atom. The number of carbonyl (C=O) groups is 1. The molecule has 1 heterocycles. The van der Waals surface area contributed by atoms with Crippen molar-refractivity contribution in [2.24, 2.45) is 16.8 Å². The SMILES string of the molecule is NC(=NO)C(NC(=O)c1ccoc1)C1CC1. The van der Waals surface area contributed by atoms with Crippen LogP contribution in [0.2, 0.25) is 0 Å². The third kappa shape index (κ3) is 2.16. The molecule has 86 valence electrons. The number of nitrogens with one attached hydrogen (secondary N) is 1. The fourth-order valence-corrected chi connectivity index (χ4v) is 1.54. The van der Waals surface area contributed by atoms with Crippen molar-refractivity contribution in [1.29, 1.82) is 0 Å². The van der Waals surface area contributed by atoms with Gasteiger partial charge in [-0.1, -0.05) is 5.16 Å². The molecule has 4 N–H and O–H groups in total. The van der Waals surface area contributed by atoms with Crippen molar-refractivity contribution in [3.63, 3.8) is 0 Å². The second-order valence-electron chi connectivity index (χ2n) is 3.83. The summed E-state index contributed by atoms with van der Waals surface area (Å²) in [5.74, 6) is 0.0309. The van der Waals surface area contributed by atoms with Gasteiger partial charge in [0.25, 0.3) is 5.91 Å². The minimum atomic E-state index is -0.396. The maximum Gasteiger partial charge on any atom is 0.255 e. The van der Waals surface area contributed by atoms with Crippen LogP contribution in [0.3, 0.4) is 0 Å². The minimum Gasteiger partial charge on any atom is -0.472 e. The first-order chi connectivity index (χ1) is 7.72. The number of nitrogens with two attached hydrogens (primary N) is 1. The predicted octanol–water partition coefficient (Wildman–Crippen LogP) is 0.534. The molecule has 0 aliphatic heterocycles. The largest absolute Gasteiger partial charge is 0.472 e. The van der Waals surface area contributed by atoms with E-state index in [1.807, 2.05) is 0 Å². The van der Waals surface area contributed by atoms with Gasteiger partial charge in [0.2, 0.25) is 0 Å². The van der Waals surface area contributed by atoms with Crippen LogP contribution in [0.15, 0.2) is 28.2 Å². The van der Waals surface area contributed by atoms with Gasteiger partial charge in [-0.15, -0.1) is 0 Å². The monoisotopic (exact) mass is 223 g/mol. The number of hydrogen-bond acceptors (Lipinski definition) is 4. The van der Waals surface area contributed by atoms with E-state index in [1.165, 1.54) is 12.5 Å². The summed E-state index contributed by atoms with van der Waals surface area (Å²) in [7, 11) is 0. The summed E-state index contributed by atoms with van der Waals surface area (Å²) >= 11 is 0. The summed E-state index contributed by atoms with van der Waals surface area (Å²) in [5.41, 5.74) is 5.95. The Kier molecular flexibility index (Phi) is 2.80. The molecule has 1 aliphatic rings. The van der Waals surface area contributed by atoms with E-state index in [2.05, 4.69) is 10.5 Å². The van der Waals surface area contributed by atoms with Crippen LogP contribution in [0.1, 0.15) is 23.2 Å². The molecule has 1 aromatic rings. The lowest BCUT2D eigenvalue weighted by molar-refractivity contribution is 0.0942. The van der Waals surface area contributed by atoms with E-state index in [9.17, 15) is 4.79 Å². The van der Waals surface area contributed by atoms with Crippen LogP contribution in [-0.2, 0) is 0 Å². The van der Waals surface area contributed by atoms with E-state index < -0.39 is 6.04 Å². The first kappa shape index (κ1) is 10.5. The van der Waals surface area contributed by atoms with Gasteiger partial charge in [0, 0.05) is 0 Å². The smallest absolute Gasteiger partial charge is 0.255 e. The van der Waals surface area contributed by atoms with Gasteiger partial charge in [-0.2, -0.15) is 0 Å². The lowest BCUT2D eigenvalue weighted by Gasteiger charge is -2.15. The van der Waals surface area contributed by atoms with Crippen molar-refractivity contribution in [3.8, 4) is 0 Å². The summed E-state index contributed by atoms with van der Waals surface area (Å²) in [5, 5.41) is 14.3. The number of amidine groups is 1. The molecular formula is C10H13N3O3. The van der Waals surface area contributed by atoms with Gasteiger partial charge in [-0.3, -0.25) is 4.79 Å². The molecule has 0 spiro atoms. The zero-order valence-corrected chi connectivity index (χ0v) is 8.59. The van der Waals surface area contributed by atoms with Crippen LogP contribution in [0.25, 0.3) is 0 Å². The molecular weight excluding hydrogens is 210 g/mol. The summed E-state index contributed by atoms with van der Waals surface area (Å²) in [6.45, 7) is 0. The van der Waals surface area contributed by atoms with Gasteiger partial charge in [0.15, 0.2) is 5.84 Å². The third-order valence-corrected chi connectivity index (χ3v) is 2.60. The highest BCUT2D eigenvalue weighted by Gasteiger charge is 2.35. The minimum absolute atomic E-state index is 0.0411. The second kappa shape index (κ2) is 4.26. The summed E-state index contributed by atoms with van der Waals surface area (Å²) < 4.78 is 4.81. The molecule has 6 nitrogen and oxygen atoms in total. The van der Waals surface area contributed by atoms with Gasteiger partial charge in [0.05, 0.1) is 17.9 Å². The van der Waals surface area contributed by atoms with Gasteiger partial charge < -0.3 is 20.7 Å². The quantitative estimate of drug-likeness (QED) is 0.300. The molecule has 1 aliphatic carbocycles. The Balaban J connectivity index is 2.03. The molecule has 1 saturated carbocycles. The highest BCUT2D eigenvalue weighted by Crippen LogP contribution is 2.32. The standard InChI is InChI=1S/C10H13N3O3/c11-9(13-15)8(6-1-2-6)12-10(14)7-3-4-16-5-7/h3-6,8,15H,1-2H2,(H2,11,13)(H,12,14). The number of oxime groups is 1. The number of rotatable bonds is 4. The Bertz CT molecular complexity index is 395. The molecule has 1 atom stereocenters. The van der Waals surface area contributed by atoms with Crippen LogP contribution in [-0.4, -0.2) is 23.0 Å². The lowest BCUT2D eigenvalue weighted by atomic mass is 10.1. The molecule has 16 heavy (non-hydrogen) atoms. The van der Waals surface area contributed by atoms with Crippen molar-refractivity contribution in [2.45, 2.75) is 18.9 Å². The average molecular weight is 223 g/mol. The van der Waals surface area contributed by atoms with Gasteiger partial charge >= 0.3 is 0 Å². The van der Waals surface area contributed by atoms with Crippen LogP contribution >= 0.6 is 0 Å². The number of hydrogen-bond donors (Lipinski definition) is 3. The molecule has 1 amide bonds.